The molecule has 25 heavy (non-hydrogen) atoms. The van der Waals surface area contributed by atoms with Crippen LogP contribution in [0.25, 0.3) is 0 Å². The SMILES string of the molecule is C[C@@H](CCc1ccccc1NCc1ccccc1)Cc1ccccc1. The fourth-order valence-electron chi connectivity index (χ4n) is 3.22. The van der Waals surface area contributed by atoms with Crippen molar-refractivity contribution in [2.24, 2.45) is 5.92 Å². The predicted molar refractivity (Wildman–Crippen MR) is 108 cm³/mol. The largest absolute Gasteiger partial charge is 0.381 e. The molecule has 0 aliphatic heterocycles. The van der Waals surface area contributed by atoms with Crippen LogP contribution < -0.4 is 5.32 Å². The molecule has 3 rings (SSSR count). The van der Waals surface area contributed by atoms with Gasteiger partial charge < -0.3 is 5.32 Å². The van der Waals surface area contributed by atoms with Crippen molar-refractivity contribution in [2.45, 2.75) is 32.7 Å². The van der Waals surface area contributed by atoms with Gasteiger partial charge in [-0.2, -0.15) is 0 Å². The molecule has 1 atom stereocenters. The van der Waals surface area contributed by atoms with E-state index in [1.54, 1.807) is 0 Å². The number of nitrogens with one attached hydrogen (secondary N) is 1. The van der Waals surface area contributed by atoms with Crippen LogP contribution in [-0.2, 0) is 19.4 Å². The lowest BCUT2D eigenvalue weighted by Gasteiger charge is -2.15. The van der Waals surface area contributed by atoms with Crippen LogP contribution in [0, 0.1) is 5.92 Å². The summed E-state index contributed by atoms with van der Waals surface area (Å²) < 4.78 is 0. The standard InChI is InChI=1S/C24H27N/c1-20(18-21-10-4-2-5-11-21)16-17-23-14-8-9-15-24(23)25-19-22-12-6-3-7-13-22/h2-15,20,25H,16-19H2,1H3/t20-/m0/s1. The summed E-state index contributed by atoms with van der Waals surface area (Å²) in [5, 5.41) is 3.60. The Kier molecular flexibility index (Phi) is 6.28. The van der Waals surface area contributed by atoms with Gasteiger partial charge in [0.1, 0.15) is 0 Å². The molecular formula is C24H27N. The summed E-state index contributed by atoms with van der Waals surface area (Å²) in [4.78, 5) is 0. The molecule has 0 saturated heterocycles. The van der Waals surface area contributed by atoms with E-state index < -0.39 is 0 Å². The Morgan fingerprint density at radius 1 is 0.720 bits per heavy atom. The third-order valence-corrected chi connectivity index (χ3v) is 4.68. The normalized spacial score (nSPS) is 11.9. The van der Waals surface area contributed by atoms with E-state index in [0.29, 0.717) is 5.92 Å². The first kappa shape index (κ1) is 17.3. The van der Waals surface area contributed by atoms with E-state index in [-0.39, 0.29) is 0 Å². The smallest absolute Gasteiger partial charge is 0.0400 e. The topological polar surface area (TPSA) is 12.0 Å². The lowest BCUT2D eigenvalue weighted by molar-refractivity contribution is 0.531. The molecule has 128 valence electrons. The minimum absolute atomic E-state index is 0.685. The van der Waals surface area contributed by atoms with Crippen LogP contribution in [0.5, 0.6) is 0 Å². The third kappa shape index (κ3) is 5.49. The van der Waals surface area contributed by atoms with E-state index in [0.717, 1.165) is 19.4 Å². The van der Waals surface area contributed by atoms with Crippen molar-refractivity contribution < 1.29 is 0 Å². The van der Waals surface area contributed by atoms with E-state index in [1.807, 2.05) is 0 Å². The van der Waals surface area contributed by atoms with E-state index in [4.69, 9.17) is 0 Å². The third-order valence-electron chi connectivity index (χ3n) is 4.68. The zero-order chi connectivity index (χ0) is 17.3. The molecule has 0 aromatic heterocycles. The number of hydrogen-bond donors (Lipinski definition) is 1. The highest BCUT2D eigenvalue weighted by Crippen LogP contribution is 2.21. The highest BCUT2D eigenvalue weighted by atomic mass is 14.9. The van der Waals surface area contributed by atoms with E-state index in [9.17, 15) is 0 Å². The van der Waals surface area contributed by atoms with Crippen molar-refractivity contribution in [1.82, 2.24) is 0 Å². The lowest BCUT2D eigenvalue weighted by Crippen LogP contribution is -2.05. The summed E-state index contributed by atoms with van der Waals surface area (Å²) in [6.07, 6.45) is 3.48. The molecule has 0 aliphatic rings. The molecule has 1 N–H and O–H groups in total. The molecule has 0 unspecified atom stereocenters. The average Bonchev–Trinajstić information content (AvgIpc) is 2.67. The second kappa shape index (κ2) is 9.08. The van der Waals surface area contributed by atoms with Crippen LogP contribution in [0.3, 0.4) is 0 Å². The van der Waals surface area contributed by atoms with Gasteiger partial charge in [-0.1, -0.05) is 85.8 Å². The van der Waals surface area contributed by atoms with Crippen LogP contribution in [0.4, 0.5) is 5.69 Å². The summed E-state index contributed by atoms with van der Waals surface area (Å²) in [5.74, 6) is 0.685. The van der Waals surface area contributed by atoms with Gasteiger partial charge in [-0.05, 0) is 47.9 Å². The molecule has 0 saturated carbocycles. The van der Waals surface area contributed by atoms with Crippen molar-refractivity contribution in [2.75, 3.05) is 5.32 Å². The summed E-state index contributed by atoms with van der Waals surface area (Å²) in [6, 6.07) is 30.1. The first-order chi connectivity index (χ1) is 12.3. The molecule has 1 nitrogen and oxygen atoms in total. The van der Waals surface area contributed by atoms with E-state index in [1.165, 1.54) is 28.8 Å². The van der Waals surface area contributed by atoms with E-state index in [2.05, 4.69) is 97.2 Å². The molecule has 3 aromatic rings. The lowest BCUT2D eigenvalue weighted by atomic mass is 9.94. The fourth-order valence-corrected chi connectivity index (χ4v) is 3.22. The zero-order valence-electron chi connectivity index (χ0n) is 15.0. The van der Waals surface area contributed by atoms with Gasteiger partial charge in [-0.15, -0.1) is 0 Å². The summed E-state index contributed by atoms with van der Waals surface area (Å²) >= 11 is 0. The molecule has 0 aliphatic carbocycles. The summed E-state index contributed by atoms with van der Waals surface area (Å²) in [7, 11) is 0. The van der Waals surface area contributed by atoms with Gasteiger partial charge >= 0.3 is 0 Å². The minimum Gasteiger partial charge on any atom is -0.381 e. The van der Waals surface area contributed by atoms with Crippen molar-refractivity contribution in [3.63, 3.8) is 0 Å². The zero-order valence-corrected chi connectivity index (χ0v) is 15.0. The van der Waals surface area contributed by atoms with Crippen LogP contribution >= 0.6 is 0 Å². The number of benzene rings is 3. The number of hydrogen-bond acceptors (Lipinski definition) is 1. The maximum atomic E-state index is 3.60. The fraction of sp³-hybridized carbons (Fsp3) is 0.250. The Morgan fingerprint density at radius 3 is 2.04 bits per heavy atom. The van der Waals surface area contributed by atoms with Crippen molar-refractivity contribution in [1.29, 1.82) is 0 Å². The highest BCUT2D eigenvalue weighted by molar-refractivity contribution is 5.51. The number of rotatable bonds is 8. The Morgan fingerprint density at radius 2 is 1.32 bits per heavy atom. The highest BCUT2D eigenvalue weighted by Gasteiger charge is 2.07. The Labute approximate surface area is 151 Å². The van der Waals surface area contributed by atoms with E-state index >= 15 is 0 Å². The quantitative estimate of drug-likeness (QED) is 0.526. The Bertz CT molecular complexity index is 749. The number of aryl methyl sites for hydroxylation is 1. The van der Waals surface area contributed by atoms with Gasteiger partial charge in [-0.3, -0.25) is 0 Å². The maximum absolute atomic E-state index is 3.60. The molecule has 0 amide bonds. The summed E-state index contributed by atoms with van der Waals surface area (Å²) in [6.45, 7) is 3.23. The van der Waals surface area contributed by atoms with Crippen LogP contribution in [0.2, 0.25) is 0 Å². The predicted octanol–water partition coefficient (Wildman–Crippen LogP) is 6.11. The average molecular weight is 329 g/mol. The molecule has 0 spiro atoms. The van der Waals surface area contributed by atoms with Gasteiger partial charge in [0.05, 0.1) is 0 Å². The molecular weight excluding hydrogens is 302 g/mol. The first-order valence-corrected chi connectivity index (χ1v) is 9.21. The Balaban J connectivity index is 1.55. The van der Waals surface area contributed by atoms with Gasteiger partial charge in [0, 0.05) is 12.2 Å². The van der Waals surface area contributed by atoms with Gasteiger partial charge in [0.25, 0.3) is 0 Å². The maximum Gasteiger partial charge on any atom is 0.0400 e. The van der Waals surface area contributed by atoms with Crippen molar-refractivity contribution in [3.8, 4) is 0 Å². The minimum atomic E-state index is 0.685. The van der Waals surface area contributed by atoms with Gasteiger partial charge in [0.2, 0.25) is 0 Å². The molecule has 0 bridgehead atoms. The van der Waals surface area contributed by atoms with Gasteiger partial charge in [-0.25, -0.2) is 0 Å². The molecule has 1 heteroatoms. The molecule has 0 radical (unpaired) electrons. The van der Waals surface area contributed by atoms with Crippen LogP contribution in [0.1, 0.15) is 30.0 Å². The second-order valence-corrected chi connectivity index (χ2v) is 6.83. The molecule has 3 aromatic carbocycles. The first-order valence-electron chi connectivity index (χ1n) is 9.21. The summed E-state index contributed by atoms with van der Waals surface area (Å²) in [5.41, 5.74) is 5.43. The van der Waals surface area contributed by atoms with Gasteiger partial charge in [0.15, 0.2) is 0 Å². The van der Waals surface area contributed by atoms with Crippen LogP contribution in [0.15, 0.2) is 84.9 Å². The number of anilines is 1. The Hall–Kier alpha value is -2.54. The molecule has 0 heterocycles. The second-order valence-electron chi connectivity index (χ2n) is 6.83. The molecule has 0 fully saturated rings. The van der Waals surface area contributed by atoms with Crippen molar-refractivity contribution >= 4 is 5.69 Å². The number of para-hydroxylation sites is 1. The van der Waals surface area contributed by atoms with Crippen molar-refractivity contribution in [3.05, 3.63) is 102 Å². The van der Waals surface area contributed by atoms with Crippen LogP contribution in [-0.4, -0.2) is 0 Å². The monoisotopic (exact) mass is 329 g/mol.